The summed E-state index contributed by atoms with van der Waals surface area (Å²) in [5, 5.41) is 8.14. The van der Waals surface area contributed by atoms with Gasteiger partial charge in [-0.2, -0.15) is 0 Å². The van der Waals surface area contributed by atoms with Crippen LogP contribution in [-0.4, -0.2) is 22.8 Å². The summed E-state index contributed by atoms with van der Waals surface area (Å²) >= 11 is 0. The van der Waals surface area contributed by atoms with E-state index in [9.17, 15) is 4.79 Å². The fourth-order valence-corrected chi connectivity index (χ4v) is 8.27. The van der Waals surface area contributed by atoms with E-state index in [-0.39, 0.29) is 22.5 Å². The zero-order valence-corrected chi connectivity index (χ0v) is 17.3. The van der Waals surface area contributed by atoms with Gasteiger partial charge in [-0.1, -0.05) is 25.8 Å². The third-order valence-electron chi connectivity index (χ3n) is 9.31. The van der Waals surface area contributed by atoms with Gasteiger partial charge in [-0.05, 0) is 93.1 Å². The molecular weight excluding hydrogens is 350 g/mol. The fourth-order valence-electron chi connectivity index (χ4n) is 8.27. The van der Waals surface area contributed by atoms with Crippen LogP contribution in [0.4, 0.5) is 0 Å². The SMILES string of the molecule is CCC1CC2=CC(=N)CC[C@@H]2C2CC[C@@]3(CC)C(CC[C@@]34C=CC(=O)O4)C12.O. The van der Waals surface area contributed by atoms with Gasteiger partial charge in [0.25, 0.3) is 0 Å². The van der Waals surface area contributed by atoms with Gasteiger partial charge in [0.15, 0.2) is 0 Å². The average Bonchev–Trinajstić information content (AvgIpc) is 3.21. The Balaban J connectivity index is 0.00000192. The van der Waals surface area contributed by atoms with Crippen LogP contribution in [0, 0.1) is 40.4 Å². The van der Waals surface area contributed by atoms with Crippen molar-refractivity contribution < 1.29 is 15.0 Å². The summed E-state index contributed by atoms with van der Waals surface area (Å²) in [7, 11) is 0. The molecule has 4 unspecified atom stereocenters. The first kappa shape index (κ1) is 19.9. The van der Waals surface area contributed by atoms with Crippen LogP contribution in [0.25, 0.3) is 0 Å². The van der Waals surface area contributed by atoms with Crippen molar-refractivity contribution in [1.29, 1.82) is 5.41 Å². The molecule has 1 spiro atoms. The van der Waals surface area contributed by atoms with Crippen LogP contribution in [0.3, 0.4) is 0 Å². The topological polar surface area (TPSA) is 81.7 Å². The van der Waals surface area contributed by atoms with Gasteiger partial charge in [0.2, 0.25) is 0 Å². The third-order valence-corrected chi connectivity index (χ3v) is 9.31. The summed E-state index contributed by atoms with van der Waals surface area (Å²) in [5.41, 5.74) is 2.25. The number of carbonyl (C=O) groups excluding carboxylic acids is 1. The molecule has 0 saturated heterocycles. The van der Waals surface area contributed by atoms with Gasteiger partial charge in [-0.3, -0.25) is 0 Å². The molecular formula is C24H35NO3. The summed E-state index contributed by atoms with van der Waals surface area (Å²) in [6.07, 6.45) is 16.5. The van der Waals surface area contributed by atoms with Crippen molar-refractivity contribution in [2.75, 3.05) is 0 Å². The lowest BCUT2D eigenvalue weighted by molar-refractivity contribution is -0.166. The number of hydrogen-bond acceptors (Lipinski definition) is 3. The second kappa shape index (κ2) is 6.83. The smallest absolute Gasteiger partial charge is 0.331 e. The molecule has 0 aromatic rings. The standard InChI is InChI=1S/C24H33NO2.H2O/c1-3-15-13-16-14-17(25)5-6-18(16)19-7-10-23(4-2)20(22(15)19)8-11-24(23)12-9-21(26)27-24;/h9,12,14-15,18-20,22,25H,3-8,10-11,13H2,1-2H3;1H2/t15?,18-,19?,20?,22?,23-,24+;/m0./s1. The second-order valence-electron chi connectivity index (χ2n) is 9.84. The molecule has 0 bridgehead atoms. The summed E-state index contributed by atoms with van der Waals surface area (Å²) in [4.78, 5) is 12.0. The van der Waals surface area contributed by atoms with Crippen molar-refractivity contribution in [3.63, 3.8) is 0 Å². The highest BCUT2D eigenvalue weighted by Gasteiger charge is 2.67. The monoisotopic (exact) mass is 385 g/mol. The summed E-state index contributed by atoms with van der Waals surface area (Å²) in [6.45, 7) is 4.69. The molecule has 3 fully saturated rings. The van der Waals surface area contributed by atoms with Crippen LogP contribution >= 0.6 is 0 Å². The van der Waals surface area contributed by atoms with Crippen molar-refractivity contribution in [3.8, 4) is 0 Å². The molecule has 3 N–H and O–H groups in total. The highest BCUT2D eigenvalue weighted by molar-refractivity contribution is 5.93. The Hall–Kier alpha value is -1.42. The Kier molecular flexibility index (Phi) is 4.85. The predicted octanol–water partition coefficient (Wildman–Crippen LogP) is 4.63. The molecule has 3 saturated carbocycles. The zero-order chi connectivity index (χ0) is 18.8. The normalized spacial score (nSPS) is 46.4. The van der Waals surface area contributed by atoms with Gasteiger partial charge < -0.3 is 15.6 Å². The molecule has 5 rings (SSSR count). The van der Waals surface area contributed by atoms with Gasteiger partial charge in [-0.15, -0.1) is 0 Å². The van der Waals surface area contributed by atoms with Crippen LogP contribution in [0.5, 0.6) is 0 Å². The number of ether oxygens (including phenoxy) is 1. The van der Waals surface area contributed by atoms with E-state index in [2.05, 4.69) is 26.0 Å². The van der Waals surface area contributed by atoms with E-state index in [4.69, 9.17) is 10.1 Å². The minimum atomic E-state index is -0.322. The van der Waals surface area contributed by atoms with E-state index in [1.54, 1.807) is 11.6 Å². The number of esters is 1. The quantitative estimate of drug-likeness (QED) is 0.703. The Morgan fingerprint density at radius 1 is 1.21 bits per heavy atom. The summed E-state index contributed by atoms with van der Waals surface area (Å²) in [5.74, 6) is 3.55. The number of fused-ring (bicyclic) bond motifs is 6. The van der Waals surface area contributed by atoms with Gasteiger partial charge in [0.1, 0.15) is 5.60 Å². The van der Waals surface area contributed by atoms with Crippen LogP contribution < -0.4 is 0 Å². The minimum Gasteiger partial charge on any atom is -0.451 e. The van der Waals surface area contributed by atoms with Gasteiger partial charge >= 0.3 is 5.97 Å². The number of nitrogens with one attached hydrogen (secondary N) is 1. The first-order valence-electron chi connectivity index (χ1n) is 11.2. The highest BCUT2D eigenvalue weighted by atomic mass is 16.6. The van der Waals surface area contributed by atoms with E-state index < -0.39 is 0 Å². The Bertz CT molecular complexity index is 740. The lowest BCUT2D eigenvalue weighted by Crippen LogP contribution is -2.55. The summed E-state index contributed by atoms with van der Waals surface area (Å²) in [6, 6.07) is 0. The molecule has 0 aromatic carbocycles. The molecule has 28 heavy (non-hydrogen) atoms. The second-order valence-corrected chi connectivity index (χ2v) is 9.84. The van der Waals surface area contributed by atoms with Gasteiger partial charge in [-0.25, -0.2) is 4.79 Å². The Labute approximate surface area is 168 Å². The van der Waals surface area contributed by atoms with Crippen molar-refractivity contribution in [3.05, 3.63) is 23.8 Å². The fraction of sp³-hybridized carbons (Fsp3) is 0.750. The first-order valence-corrected chi connectivity index (χ1v) is 11.2. The van der Waals surface area contributed by atoms with Crippen LogP contribution in [-0.2, 0) is 9.53 Å². The van der Waals surface area contributed by atoms with Crippen LogP contribution in [0.2, 0.25) is 0 Å². The lowest BCUT2D eigenvalue weighted by atomic mass is 9.47. The molecule has 1 heterocycles. The Morgan fingerprint density at radius 3 is 2.71 bits per heavy atom. The molecule has 4 aliphatic carbocycles. The van der Waals surface area contributed by atoms with Crippen molar-refractivity contribution in [2.45, 2.75) is 77.2 Å². The van der Waals surface area contributed by atoms with Gasteiger partial charge in [0.05, 0.1) is 0 Å². The summed E-state index contributed by atoms with van der Waals surface area (Å²) < 4.78 is 6.05. The van der Waals surface area contributed by atoms with Crippen molar-refractivity contribution in [2.24, 2.45) is 35.0 Å². The molecule has 154 valence electrons. The van der Waals surface area contributed by atoms with Crippen LogP contribution in [0.1, 0.15) is 71.6 Å². The number of rotatable bonds is 2. The average molecular weight is 386 g/mol. The molecule has 0 aromatic heterocycles. The Morgan fingerprint density at radius 2 is 2.04 bits per heavy atom. The largest absolute Gasteiger partial charge is 0.451 e. The van der Waals surface area contributed by atoms with E-state index in [0.717, 1.165) is 42.7 Å². The molecule has 0 amide bonds. The predicted molar refractivity (Wildman–Crippen MR) is 110 cm³/mol. The number of carbonyl (C=O) groups is 1. The third kappa shape index (κ3) is 2.46. The molecule has 0 radical (unpaired) electrons. The number of allylic oxidation sites excluding steroid dienone is 2. The molecule has 7 atom stereocenters. The molecule has 4 nitrogen and oxygen atoms in total. The highest BCUT2D eigenvalue weighted by Crippen LogP contribution is 2.69. The number of hydrogen-bond donors (Lipinski definition) is 1. The zero-order valence-electron chi connectivity index (χ0n) is 17.3. The van der Waals surface area contributed by atoms with Gasteiger partial charge in [0, 0.05) is 17.2 Å². The maximum absolute atomic E-state index is 12.0. The van der Waals surface area contributed by atoms with E-state index >= 15 is 0 Å². The van der Waals surface area contributed by atoms with E-state index in [1.807, 2.05) is 0 Å². The molecule has 1 aliphatic heterocycles. The van der Waals surface area contributed by atoms with Crippen molar-refractivity contribution >= 4 is 11.7 Å². The maximum atomic E-state index is 12.0. The van der Waals surface area contributed by atoms with E-state index in [0.29, 0.717) is 11.8 Å². The minimum absolute atomic E-state index is 0. The van der Waals surface area contributed by atoms with Crippen molar-refractivity contribution in [1.82, 2.24) is 0 Å². The first-order chi connectivity index (χ1) is 13.0. The molecule has 4 heteroatoms. The van der Waals surface area contributed by atoms with Crippen LogP contribution in [0.15, 0.2) is 23.8 Å². The lowest BCUT2D eigenvalue weighted by Gasteiger charge is -2.58. The maximum Gasteiger partial charge on any atom is 0.331 e. The van der Waals surface area contributed by atoms with E-state index in [1.165, 1.54) is 38.5 Å². The molecule has 5 aliphatic rings.